The molecule has 2 aromatic carbocycles. The third kappa shape index (κ3) is 2.80. The van der Waals surface area contributed by atoms with Crippen LogP contribution in [0, 0.1) is 5.82 Å². The highest BCUT2D eigenvalue weighted by Gasteiger charge is 2.14. The smallest absolute Gasteiger partial charge is 0.133 e. The lowest BCUT2D eigenvalue weighted by molar-refractivity contribution is 0.629. The molecule has 1 aromatic heterocycles. The van der Waals surface area contributed by atoms with Crippen LogP contribution in [0.25, 0.3) is 16.9 Å². The summed E-state index contributed by atoms with van der Waals surface area (Å²) in [4.78, 5) is 0. The summed E-state index contributed by atoms with van der Waals surface area (Å²) in [6.07, 6.45) is 1.65. The molecule has 0 unspecified atom stereocenters. The Morgan fingerprint density at radius 1 is 1.14 bits per heavy atom. The van der Waals surface area contributed by atoms with E-state index < -0.39 is 0 Å². The van der Waals surface area contributed by atoms with Gasteiger partial charge in [0.25, 0.3) is 0 Å². The molecule has 0 saturated heterocycles. The summed E-state index contributed by atoms with van der Waals surface area (Å²) >= 11 is 9.09. The number of nitrogen functional groups attached to an aromatic ring is 1. The van der Waals surface area contributed by atoms with E-state index in [9.17, 15) is 4.39 Å². The second kappa shape index (κ2) is 5.50. The Morgan fingerprint density at radius 3 is 2.52 bits per heavy atom. The third-order valence-electron chi connectivity index (χ3n) is 3.02. The molecule has 3 aromatic rings. The molecular formula is C15H10BrClFN3. The summed E-state index contributed by atoms with van der Waals surface area (Å²) in [7, 11) is 0. The van der Waals surface area contributed by atoms with Crippen molar-refractivity contribution in [1.29, 1.82) is 0 Å². The molecule has 0 aliphatic rings. The minimum absolute atomic E-state index is 0.364. The van der Waals surface area contributed by atoms with Crippen LogP contribution >= 0.6 is 27.5 Å². The van der Waals surface area contributed by atoms with Gasteiger partial charge in [0.1, 0.15) is 11.5 Å². The molecule has 3 nitrogen and oxygen atoms in total. The summed E-state index contributed by atoms with van der Waals surface area (Å²) in [5, 5.41) is 5.00. The number of anilines is 1. The van der Waals surface area contributed by atoms with Gasteiger partial charge in [0.05, 0.1) is 17.6 Å². The standard InChI is InChI=1S/C15H10BrClFN3/c16-9-1-6-12(13(18)7-9)15-14(19)8-21(20-15)11-4-2-10(17)3-5-11/h1-8H,19H2. The van der Waals surface area contributed by atoms with E-state index in [4.69, 9.17) is 17.3 Å². The van der Waals surface area contributed by atoms with Crippen LogP contribution in [0.4, 0.5) is 10.1 Å². The van der Waals surface area contributed by atoms with Crippen molar-refractivity contribution < 1.29 is 4.39 Å². The van der Waals surface area contributed by atoms with Gasteiger partial charge in [0, 0.05) is 15.1 Å². The molecule has 0 radical (unpaired) electrons. The highest BCUT2D eigenvalue weighted by molar-refractivity contribution is 9.10. The van der Waals surface area contributed by atoms with Crippen LogP contribution < -0.4 is 5.73 Å². The molecule has 3 rings (SSSR count). The number of nitrogens with zero attached hydrogens (tertiary/aromatic N) is 2. The number of hydrogen-bond acceptors (Lipinski definition) is 2. The third-order valence-corrected chi connectivity index (χ3v) is 3.77. The maximum atomic E-state index is 14.0. The first kappa shape index (κ1) is 14.1. The maximum absolute atomic E-state index is 14.0. The van der Waals surface area contributed by atoms with Crippen LogP contribution in [-0.4, -0.2) is 9.78 Å². The SMILES string of the molecule is Nc1cn(-c2ccc(Cl)cc2)nc1-c1ccc(Br)cc1F. The van der Waals surface area contributed by atoms with Gasteiger partial charge in [-0.25, -0.2) is 9.07 Å². The fourth-order valence-electron chi connectivity index (χ4n) is 2.00. The van der Waals surface area contributed by atoms with Gasteiger partial charge in [-0.1, -0.05) is 27.5 Å². The van der Waals surface area contributed by atoms with E-state index in [1.165, 1.54) is 6.07 Å². The monoisotopic (exact) mass is 365 g/mol. The first-order chi connectivity index (χ1) is 10.0. The Kier molecular flexibility index (Phi) is 3.69. The Balaban J connectivity index is 2.07. The lowest BCUT2D eigenvalue weighted by Gasteiger charge is -2.02. The molecule has 0 saturated carbocycles. The van der Waals surface area contributed by atoms with Crippen LogP contribution in [0.1, 0.15) is 0 Å². The van der Waals surface area contributed by atoms with E-state index in [1.54, 1.807) is 35.1 Å². The highest BCUT2D eigenvalue weighted by Crippen LogP contribution is 2.29. The first-order valence-electron chi connectivity index (χ1n) is 6.11. The number of benzene rings is 2. The number of aromatic nitrogens is 2. The second-order valence-corrected chi connectivity index (χ2v) is 5.83. The van der Waals surface area contributed by atoms with Crippen molar-refractivity contribution in [2.75, 3.05) is 5.73 Å². The zero-order valence-electron chi connectivity index (χ0n) is 10.7. The molecule has 2 N–H and O–H groups in total. The zero-order valence-corrected chi connectivity index (χ0v) is 13.1. The lowest BCUT2D eigenvalue weighted by Crippen LogP contribution is -1.95. The number of halogens is 3. The zero-order chi connectivity index (χ0) is 15.0. The number of rotatable bonds is 2. The van der Waals surface area contributed by atoms with Gasteiger partial charge in [-0.05, 0) is 42.5 Å². The van der Waals surface area contributed by atoms with E-state index in [2.05, 4.69) is 21.0 Å². The average molecular weight is 367 g/mol. The van der Waals surface area contributed by atoms with Crippen LogP contribution in [-0.2, 0) is 0 Å². The van der Waals surface area contributed by atoms with Crippen molar-refractivity contribution >= 4 is 33.2 Å². The molecule has 0 fully saturated rings. The second-order valence-electron chi connectivity index (χ2n) is 4.48. The van der Waals surface area contributed by atoms with Crippen molar-refractivity contribution in [3.05, 3.63) is 64.0 Å². The van der Waals surface area contributed by atoms with Crippen molar-refractivity contribution in [3.8, 4) is 16.9 Å². The number of hydrogen-bond donors (Lipinski definition) is 1. The fraction of sp³-hybridized carbons (Fsp3) is 0. The van der Waals surface area contributed by atoms with Crippen molar-refractivity contribution in [2.24, 2.45) is 0 Å². The van der Waals surface area contributed by atoms with Crippen molar-refractivity contribution in [3.63, 3.8) is 0 Å². The molecule has 0 amide bonds. The van der Waals surface area contributed by atoms with Crippen molar-refractivity contribution in [2.45, 2.75) is 0 Å². The van der Waals surface area contributed by atoms with E-state index in [-0.39, 0.29) is 5.82 Å². The molecule has 0 bridgehead atoms. The van der Waals surface area contributed by atoms with Gasteiger partial charge in [-0.3, -0.25) is 0 Å². The largest absolute Gasteiger partial charge is 0.396 e. The summed E-state index contributed by atoms with van der Waals surface area (Å²) in [5.41, 5.74) is 7.95. The molecule has 0 aliphatic carbocycles. The fourth-order valence-corrected chi connectivity index (χ4v) is 2.46. The molecule has 21 heavy (non-hydrogen) atoms. The summed E-state index contributed by atoms with van der Waals surface area (Å²) in [5.74, 6) is -0.377. The van der Waals surface area contributed by atoms with E-state index in [0.29, 0.717) is 26.4 Å². The van der Waals surface area contributed by atoms with Crippen LogP contribution in [0.2, 0.25) is 5.02 Å². The summed E-state index contributed by atoms with van der Waals surface area (Å²) in [6.45, 7) is 0. The molecule has 0 spiro atoms. The minimum Gasteiger partial charge on any atom is -0.396 e. The van der Waals surface area contributed by atoms with Gasteiger partial charge < -0.3 is 5.73 Å². The minimum atomic E-state index is -0.377. The molecular weight excluding hydrogens is 357 g/mol. The predicted octanol–water partition coefficient (Wildman–Crippen LogP) is 4.68. The lowest BCUT2D eigenvalue weighted by atomic mass is 10.1. The Bertz CT molecular complexity index is 799. The first-order valence-corrected chi connectivity index (χ1v) is 7.28. The topological polar surface area (TPSA) is 43.8 Å². The van der Waals surface area contributed by atoms with Gasteiger partial charge in [-0.2, -0.15) is 5.10 Å². The number of nitrogens with two attached hydrogens (primary N) is 1. The van der Waals surface area contributed by atoms with Gasteiger partial charge in [0.15, 0.2) is 0 Å². The van der Waals surface area contributed by atoms with Gasteiger partial charge in [-0.15, -0.1) is 0 Å². The van der Waals surface area contributed by atoms with Gasteiger partial charge in [0.2, 0.25) is 0 Å². The van der Waals surface area contributed by atoms with Crippen LogP contribution in [0.15, 0.2) is 53.1 Å². The molecule has 6 heteroatoms. The Labute approximate surface area is 134 Å². The molecule has 0 atom stereocenters. The van der Waals surface area contributed by atoms with Gasteiger partial charge >= 0.3 is 0 Å². The maximum Gasteiger partial charge on any atom is 0.133 e. The summed E-state index contributed by atoms with van der Waals surface area (Å²) in [6, 6.07) is 11.9. The highest BCUT2D eigenvalue weighted by atomic mass is 79.9. The molecule has 0 aliphatic heterocycles. The predicted molar refractivity (Wildman–Crippen MR) is 86.1 cm³/mol. The Morgan fingerprint density at radius 2 is 1.86 bits per heavy atom. The quantitative estimate of drug-likeness (QED) is 0.716. The van der Waals surface area contributed by atoms with E-state index >= 15 is 0 Å². The van der Waals surface area contributed by atoms with Crippen molar-refractivity contribution in [1.82, 2.24) is 9.78 Å². The van der Waals surface area contributed by atoms with Crippen LogP contribution in [0.3, 0.4) is 0 Å². The van der Waals surface area contributed by atoms with Crippen LogP contribution in [0.5, 0.6) is 0 Å². The summed E-state index contributed by atoms with van der Waals surface area (Å²) < 4.78 is 16.3. The average Bonchev–Trinajstić information content (AvgIpc) is 2.81. The normalized spacial score (nSPS) is 10.8. The molecule has 1 heterocycles. The van der Waals surface area contributed by atoms with E-state index in [1.807, 2.05) is 12.1 Å². The molecule has 106 valence electrons. The van der Waals surface area contributed by atoms with E-state index in [0.717, 1.165) is 5.69 Å². The Hall–Kier alpha value is -1.85.